The third-order valence-electron chi connectivity index (χ3n) is 4.54. The number of nitrogens with one attached hydrogen (secondary N) is 3. The van der Waals surface area contributed by atoms with Crippen molar-refractivity contribution in [1.29, 1.82) is 0 Å². The van der Waals surface area contributed by atoms with Crippen LogP contribution in [0.15, 0.2) is 42.5 Å². The van der Waals surface area contributed by atoms with Crippen molar-refractivity contribution in [2.45, 2.75) is 26.0 Å². The van der Waals surface area contributed by atoms with Gasteiger partial charge in [0.1, 0.15) is 5.82 Å². The predicted molar refractivity (Wildman–Crippen MR) is 122 cm³/mol. The number of rotatable bonds is 9. The number of imidazole rings is 1. The number of methoxy groups -OCH3 is 2. The van der Waals surface area contributed by atoms with Crippen molar-refractivity contribution in [3.63, 3.8) is 0 Å². The molecule has 0 fully saturated rings. The lowest BCUT2D eigenvalue weighted by Gasteiger charge is -2.17. The van der Waals surface area contributed by atoms with E-state index in [1.807, 2.05) is 6.07 Å². The summed E-state index contributed by atoms with van der Waals surface area (Å²) in [6, 6.07) is 12.3. The minimum absolute atomic E-state index is 0.207. The lowest BCUT2D eigenvalue weighted by atomic mass is 10.1. The minimum Gasteiger partial charge on any atom is -0.447 e. The highest BCUT2D eigenvalue weighted by Crippen LogP contribution is 2.24. The Morgan fingerprint density at radius 3 is 2.50 bits per heavy atom. The van der Waals surface area contributed by atoms with Crippen LogP contribution in [0.25, 0.3) is 22.4 Å². The zero-order valence-corrected chi connectivity index (χ0v) is 18.6. The van der Waals surface area contributed by atoms with Gasteiger partial charge in [-0.3, -0.25) is 10.1 Å². The number of anilines is 1. The summed E-state index contributed by atoms with van der Waals surface area (Å²) in [7, 11) is 3.15. The first-order valence-corrected chi connectivity index (χ1v) is 10.3. The highest BCUT2D eigenvalue weighted by Gasteiger charge is 2.15. The maximum Gasteiger partial charge on any atom is 0.411 e. The molecule has 0 spiro atoms. The molecule has 0 radical (unpaired) electrons. The van der Waals surface area contributed by atoms with Gasteiger partial charge < -0.3 is 24.5 Å². The van der Waals surface area contributed by atoms with Gasteiger partial charge in [0.25, 0.3) is 5.91 Å². The lowest BCUT2D eigenvalue weighted by Crippen LogP contribution is -2.41. The fourth-order valence-corrected chi connectivity index (χ4v) is 3.20. The fourth-order valence-electron chi connectivity index (χ4n) is 3.20. The number of benzene rings is 2. The van der Waals surface area contributed by atoms with Gasteiger partial charge in [0.05, 0.1) is 36.4 Å². The second kappa shape index (κ2) is 10.7. The lowest BCUT2D eigenvalue weighted by molar-refractivity contribution is 0.0779. The molecule has 0 saturated carbocycles. The van der Waals surface area contributed by atoms with Crippen LogP contribution >= 0.6 is 0 Å². The van der Waals surface area contributed by atoms with Crippen LogP contribution in [-0.4, -0.2) is 61.5 Å². The zero-order valence-electron chi connectivity index (χ0n) is 18.6. The van der Waals surface area contributed by atoms with E-state index in [1.165, 1.54) is 0 Å². The molecule has 9 nitrogen and oxygen atoms in total. The topological polar surface area (TPSA) is 115 Å². The van der Waals surface area contributed by atoms with Gasteiger partial charge in [0.2, 0.25) is 0 Å². The van der Waals surface area contributed by atoms with Gasteiger partial charge in [0, 0.05) is 31.0 Å². The molecule has 0 aliphatic carbocycles. The van der Waals surface area contributed by atoms with E-state index in [-0.39, 0.29) is 18.1 Å². The van der Waals surface area contributed by atoms with Crippen molar-refractivity contribution in [3.05, 3.63) is 48.0 Å². The van der Waals surface area contributed by atoms with Crippen LogP contribution < -0.4 is 10.6 Å². The maximum absolute atomic E-state index is 12.7. The van der Waals surface area contributed by atoms with Gasteiger partial charge in [-0.05, 0) is 44.2 Å². The van der Waals surface area contributed by atoms with Crippen LogP contribution in [0, 0.1) is 0 Å². The Bertz CT molecular complexity index is 1070. The largest absolute Gasteiger partial charge is 0.447 e. The molecule has 2 amide bonds. The normalized spacial score (nSPS) is 11.2. The molecule has 0 atom stereocenters. The Kier molecular flexibility index (Phi) is 7.80. The second-order valence-electron chi connectivity index (χ2n) is 7.56. The molecule has 1 heterocycles. The Labute approximate surface area is 186 Å². The van der Waals surface area contributed by atoms with Crippen molar-refractivity contribution in [3.8, 4) is 11.4 Å². The quantitative estimate of drug-likeness (QED) is 0.469. The van der Waals surface area contributed by atoms with Crippen LogP contribution in [0.2, 0.25) is 0 Å². The number of carbonyl (C=O) groups excluding carboxylic acids is 2. The number of carbonyl (C=O) groups is 2. The molecule has 0 aliphatic heterocycles. The monoisotopic (exact) mass is 440 g/mol. The Morgan fingerprint density at radius 2 is 1.81 bits per heavy atom. The number of H-pyrrole nitrogens is 1. The van der Waals surface area contributed by atoms with E-state index in [2.05, 4.69) is 20.6 Å². The summed E-state index contributed by atoms with van der Waals surface area (Å²) in [4.78, 5) is 32.4. The number of aromatic amines is 1. The van der Waals surface area contributed by atoms with Crippen LogP contribution in [0.3, 0.4) is 0 Å². The van der Waals surface area contributed by atoms with E-state index < -0.39 is 6.09 Å². The predicted octanol–water partition coefficient (Wildman–Crippen LogP) is 3.58. The molecule has 1 aromatic heterocycles. The van der Waals surface area contributed by atoms with Gasteiger partial charge in [-0.2, -0.15) is 0 Å². The van der Waals surface area contributed by atoms with Gasteiger partial charge in [-0.1, -0.05) is 12.1 Å². The summed E-state index contributed by atoms with van der Waals surface area (Å²) in [5.41, 5.74) is 3.33. The van der Waals surface area contributed by atoms with E-state index in [9.17, 15) is 9.59 Å². The molecule has 3 rings (SSSR count). The van der Waals surface area contributed by atoms with Crippen molar-refractivity contribution in [2.24, 2.45) is 0 Å². The number of aromatic nitrogens is 2. The Hall–Kier alpha value is -3.43. The maximum atomic E-state index is 12.7. The molecular weight excluding hydrogens is 412 g/mol. The third-order valence-corrected chi connectivity index (χ3v) is 4.54. The number of fused-ring (bicyclic) bond motifs is 1. The first kappa shape index (κ1) is 23.2. The van der Waals surface area contributed by atoms with Crippen molar-refractivity contribution in [2.75, 3.05) is 32.8 Å². The van der Waals surface area contributed by atoms with E-state index >= 15 is 0 Å². The van der Waals surface area contributed by atoms with Crippen molar-refractivity contribution in [1.82, 2.24) is 15.3 Å². The molecule has 2 aromatic carbocycles. The summed E-state index contributed by atoms with van der Waals surface area (Å²) in [5.74, 6) is 0.388. The fraction of sp³-hybridized carbons (Fsp3) is 0.348. The first-order valence-electron chi connectivity index (χ1n) is 10.3. The van der Waals surface area contributed by atoms with E-state index in [0.717, 1.165) is 16.6 Å². The van der Waals surface area contributed by atoms with Gasteiger partial charge in [-0.15, -0.1) is 0 Å². The Morgan fingerprint density at radius 1 is 1.06 bits per heavy atom. The highest BCUT2D eigenvalue weighted by molar-refractivity contribution is 5.96. The number of nitrogens with zero attached hydrogens (tertiary/aromatic N) is 1. The number of amides is 2. The SMILES string of the molecule is COCC(COC)NC(=O)c1cccc(-c2nc3ccc(NC(=O)OC(C)C)cc3[nH]2)c1. The number of ether oxygens (including phenoxy) is 3. The van der Waals surface area contributed by atoms with Crippen LogP contribution in [-0.2, 0) is 14.2 Å². The molecule has 0 saturated heterocycles. The summed E-state index contributed by atoms with van der Waals surface area (Å²) in [6.07, 6.45) is -0.723. The molecule has 32 heavy (non-hydrogen) atoms. The van der Waals surface area contributed by atoms with Gasteiger partial charge in [-0.25, -0.2) is 9.78 Å². The molecule has 0 unspecified atom stereocenters. The molecular formula is C23H28N4O5. The summed E-state index contributed by atoms with van der Waals surface area (Å²) < 4.78 is 15.4. The van der Waals surface area contributed by atoms with Gasteiger partial charge >= 0.3 is 6.09 Å². The zero-order chi connectivity index (χ0) is 23.1. The summed E-state index contributed by atoms with van der Waals surface area (Å²) >= 11 is 0. The smallest absolute Gasteiger partial charge is 0.411 e. The van der Waals surface area contributed by atoms with Crippen LogP contribution in [0.4, 0.5) is 10.5 Å². The molecule has 170 valence electrons. The third kappa shape index (κ3) is 6.05. The summed E-state index contributed by atoms with van der Waals surface area (Å²) in [5, 5.41) is 5.60. The Balaban J connectivity index is 1.78. The average molecular weight is 441 g/mol. The highest BCUT2D eigenvalue weighted by atomic mass is 16.6. The van der Waals surface area contributed by atoms with Crippen LogP contribution in [0.1, 0.15) is 24.2 Å². The average Bonchev–Trinajstić information content (AvgIpc) is 3.17. The first-order chi connectivity index (χ1) is 15.4. The van der Waals surface area contributed by atoms with Crippen molar-refractivity contribution < 1.29 is 23.8 Å². The minimum atomic E-state index is -0.516. The van der Waals surface area contributed by atoms with E-state index in [0.29, 0.717) is 30.3 Å². The molecule has 9 heteroatoms. The molecule has 3 N–H and O–H groups in total. The van der Waals surface area contributed by atoms with Gasteiger partial charge in [0.15, 0.2) is 0 Å². The van der Waals surface area contributed by atoms with E-state index in [1.54, 1.807) is 64.5 Å². The number of hydrogen-bond acceptors (Lipinski definition) is 6. The molecule has 0 aliphatic rings. The molecule has 0 bridgehead atoms. The van der Waals surface area contributed by atoms with Crippen LogP contribution in [0.5, 0.6) is 0 Å². The van der Waals surface area contributed by atoms with Crippen molar-refractivity contribution >= 4 is 28.7 Å². The number of hydrogen-bond donors (Lipinski definition) is 3. The second-order valence-corrected chi connectivity index (χ2v) is 7.56. The standard InChI is InChI=1S/C23H28N4O5/c1-14(2)32-23(29)25-17-8-9-19-20(11-17)27-21(26-19)15-6-5-7-16(10-15)22(28)24-18(12-30-3)13-31-4/h5-11,14,18H,12-13H2,1-4H3,(H,24,28)(H,25,29)(H,26,27). The summed E-state index contributed by atoms with van der Waals surface area (Å²) in [6.45, 7) is 4.27. The molecule has 3 aromatic rings. The van der Waals surface area contributed by atoms with E-state index in [4.69, 9.17) is 14.2 Å².